The van der Waals surface area contributed by atoms with Gasteiger partial charge in [-0.15, -0.1) is 0 Å². The van der Waals surface area contributed by atoms with E-state index < -0.39 is 5.97 Å². The summed E-state index contributed by atoms with van der Waals surface area (Å²) in [5.74, 6) is -0.207. The number of carboxylic acid groups (broad SMARTS) is 1. The molecule has 2 aliphatic rings. The number of nitrogens with zero attached hydrogens (tertiary/aromatic N) is 1. The Bertz CT molecular complexity index is 306. The Morgan fingerprint density at radius 1 is 1.50 bits per heavy atom. The second-order valence-corrected chi connectivity index (χ2v) is 4.93. The number of carboxylic acids is 1. The summed E-state index contributed by atoms with van der Waals surface area (Å²) in [6.45, 7) is 2.57. The first kappa shape index (κ1) is 11.2. The molecule has 5 heteroatoms. The minimum Gasteiger partial charge on any atom is -0.481 e. The molecule has 0 spiro atoms. The van der Waals surface area contributed by atoms with E-state index in [1.54, 1.807) is 6.92 Å². The number of piperidine rings is 1. The summed E-state index contributed by atoms with van der Waals surface area (Å²) >= 11 is 0. The molecule has 0 aromatic carbocycles. The van der Waals surface area contributed by atoms with E-state index >= 15 is 0 Å². The molecular weight excluding hydrogens is 208 g/mol. The van der Waals surface area contributed by atoms with Crippen molar-refractivity contribution in [2.75, 3.05) is 6.54 Å². The molecular formula is C11H18N2O3. The van der Waals surface area contributed by atoms with Crippen molar-refractivity contribution in [1.29, 1.82) is 0 Å². The van der Waals surface area contributed by atoms with Crippen molar-refractivity contribution in [3.8, 4) is 0 Å². The SMILES string of the molecule is CC(CC(=O)O)NC(=O)N1CC2CCC1C2. The van der Waals surface area contributed by atoms with Crippen LogP contribution in [-0.4, -0.2) is 40.6 Å². The molecule has 0 aromatic heterocycles. The molecule has 2 fully saturated rings. The normalized spacial score (nSPS) is 29.2. The Kier molecular flexibility index (Phi) is 3.03. The van der Waals surface area contributed by atoms with Crippen LogP contribution in [0.1, 0.15) is 32.6 Å². The Labute approximate surface area is 94.8 Å². The van der Waals surface area contributed by atoms with Crippen LogP contribution in [0.5, 0.6) is 0 Å². The summed E-state index contributed by atoms with van der Waals surface area (Å²) in [6.07, 6.45) is 3.44. The lowest BCUT2D eigenvalue weighted by molar-refractivity contribution is -0.137. The summed E-state index contributed by atoms with van der Waals surface area (Å²) in [5, 5.41) is 11.3. The quantitative estimate of drug-likeness (QED) is 0.755. The van der Waals surface area contributed by atoms with Crippen molar-refractivity contribution in [3.05, 3.63) is 0 Å². The van der Waals surface area contributed by atoms with Crippen molar-refractivity contribution in [2.24, 2.45) is 5.92 Å². The van der Waals surface area contributed by atoms with Gasteiger partial charge < -0.3 is 15.3 Å². The van der Waals surface area contributed by atoms with Crippen molar-refractivity contribution < 1.29 is 14.7 Å². The highest BCUT2D eigenvalue weighted by Gasteiger charge is 2.40. The zero-order valence-electron chi connectivity index (χ0n) is 9.48. The molecule has 2 N–H and O–H groups in total. The topological polar surface area (TPSA) is 69.6 Å². The fraction of sp³-hybridized carbons (Fsp3) is 0.818. The van der Waals surface area contributed by atoms with Gasteiger partial charge in [-0.2, -0.15) is 0 Å². The van der Waals surface area contributed by atoms with Crippen molar-refractivity contribution >= 4 is 12.0 Å². The van der Waals surface area contributed by atoms with E-state index in [4.69, 9.17) is 5.11 Å². The third kappa shape index (κ3) is 2.28. The summed E-state index contributed by atoms with van der Waals surface area (Å²) < 4.78 is 0. The van der Waals surface area contributed by atoms with E-state index in [1.165, 1.54) is 6.42 Å². The predicted molar refractivity (Wildman–Crippen MR) is 58.1 cm³/mol. The maximum Gasteiger partial charge on any atom is 0.317 e. The van der Waals surface area contributed by atoms with Gasteiger partial charge in [0, 0.05) is 18.6 Å². The molecule has 3 atom stereocenters. The molecule has 5 nitrogen and oxygen atoms in total. The van der Waals surface area contributed by atoms with Crippen molar-refractivity contribution in [2.45, 2.75) is 44.7 Å². The van der Waals surface area contributed by atoms with Crippen LogP contribution in [0.4, 0.5) is 4.79 Å². The van der Waals surface area contributed by atoms with Gasteiger partial charge in [0.05, 0.1) is 6.42 Å². The molecule has 2 bridgehead atoms. The zero-order valence-corrected chi connectivity index (χ0v) is 9.48. The average molecular weight is 226 g/mol. The fourth-order valence-electron chi connectivity index (χ4n) is 2.78. The van der Waals surface area contributed by atoms with Gasteiger partial charge in [0.25, 0.3) is 0 Å². The standard InChI is InChI=1S/C11H18N2O3/c1-7(4-10(14)15)12-11(16)13-6-8-2-3-9(13)5-8/h7-9H,2-6H2,1H3,(H,12,16)(H,14,15). The number of hydrogen-bond donors (Lipinski definition) is 2. The summed E-state index contributed by atoms with van der Waals surface area (Å²) in [4.78, 5) is 24.2. The van der Waals surface area contributed by atoms with Gasteiger partial charge in [0.2, 0.25) is 0 Å². The molecule has 3 unspecified atom stereocenters. The lowest BCUT2D eigenvalue weighted by Gasteiger charge is -2.28. The number of fused-ring (bicyclic) bond motifs is 2. The number of urea groups is 1. The van der Waals surface area contributed by atoms with Crippen LogP contribution in [0.3, 0.4) is 0 Å². The monoisotopic (exact) mass is 226 g/mol. The van der Waals surface area contributed by atoms with Gasteiger partial charge in [-0.3, -0.25) is 4.79 Å². The highest BCUT2D eigenvalue weighted by Crippen LogP contribution is 2.37. The second-order valence-electron chi connectivity index (χ2n) is 4.93. The molecule has 1 saturated carbocycles. The molecule has 16 heavy (non-hydrogen) atoms. The Balaban J connectivity index is 1.82. The van der Waals surface area contributed by atoms with Gasteiger partial charge >= 0.3 is 12.0 Å². The Hall–Kier alpha value is -1.26. The average Bonchev–Trinajstić information content (AvgIpc) is 2.76. The Morgan fingerprint density at radius 2 is 2.25 bits per heavy atom. The molecule has 1 aliphatic heterocycles. The first-order valence-electron chi connectivity index (χ1n) is 5.85. The molecule has 1 heterocycles. The van der Waals surface area contributed by atoms with Gasteiger partial charge in [-0.25, -0.2) is 4.79 Å². The van der Waals surface area contributed by atoms with Gasteiger partial charge in [0.1, 0.15) is 0 Å². The largest absolute Gasteiger partial charge is 0.481 e. The number of hydrogen-bond acceptors (Lipinski definition) is 2. The third-order valence-corrected chi connectivity index (χ3v) is 3.52. The number of carbonyl (C=O) groups excluding carboxylic acids is 1. The number of aliphatic carboxylic acids is 1. The van der Waals surface area contributed by atoms with E-state index in [1.807, 2.05) is 4.90 Å². The third-order valence-electron chi connectivity index (χ3n) is 3.52. The lowest BCUT2D eigenvalue weighted by Crippen LogP contribution is -2.47. The van der Waals surface area contributed by atoms with Crippen LogP contribution in [-0.2, 0) is 4.79 Å². The highest BCUT2D eigenvalue weighted by molar-refractivity contribution is 5.76. The molecule has 2 rings (SSSR count). The maximum absolute atomic E-state index is 11.8. The van der Waals surface area contributed by atoms with Crippen molar-refractivity contribution in [1.82, 2.24) is 10.2 Å². The lowest BCUT2D eigenvalue weighted by atomic mass is 10.1. The second kappa shape index (κ2) is 4.31. The minimum absolute atomic E-state index is 0.0202. The van der Waals surface area contributed by atoms with E-state index in [0.29, 0.717) is 12.0 Å². The van der Waals surface area contributed by atoms with E-state index in [2.05, 4.69) is 5.32 Å². The van der Waals surface area contributed by atoms with Crippen LogP contribution in [0, 0.1) is 5.92 Å². The van der Waals surface area contributed by atoms with Gasteiger partial charge in [-0.1, -0.05) is 0 Å². The summed E-state index contributed by atoms with van der Waals surface area (Å²) in [7, 11) is 0. The number of amides is 2. The van der Waals surface area contributed by atoms with Crippen LogP contribution in [0.25, 0.3) is 0 Å². The molecule has 90 valence electrons. The zero-order chi connectivity index (χ0) is 11.7. The molecule has 0 aromatic rings. The number of nitrogens with one attached hydrogen (secondary N) is 1. The maximum atomic E-state index is 11.8. The molecule has 1 aliphatic carbocycles. The first-order valence-corrected chi connectivity index (χ1v) is 5.85. The molecule has 2 amide bonds. The first-order chi connectivity index (χ1) is 7.56. The predicted octanol–water partition coefficient (Wildman–Crippen LogP) is 1.04. The van der Waals surface area contributed by atoms with Crippen LogP contribution in [0.15, 0.2) is 0 Å². The van der Waals surface area contributed by atoms with E-state index in [9.17, 15) is 9.59 Å². The van der Waals surface area contributed by atoms with Crippen LogP contribution in [0.2, 0.25) is 0 Å². The summed E-state index contributed by atoms with van der Waals surface area (Å²) in [5.41, 5.74) is 0. The van der Waals surface area contributed by atoms with Gasteiger partial charge in [-0.05, 0) is 32.1 Å². The van der Waals surface area contributed by atoms with E-state index in [0.717, 1.165) is 19.4 Å². The van der Waals surface area contributed by atoms with Crippen LogP contribution < -0.4 is 5.32 Å². The van der Waals surface area contributed by atoms with Crippen LogP contribution >= 0.6 is 0 Å². The smallest absolute Gasteiger partial charge is 0.317 e. The Morgan fingerprint density at radius 3 is 2.75 bits per heavy atom. The number of rotatable bonds is 3. The molecule has 1 saturated heterocycles. The fourth-order valence-corrected chi connectivity index (χ4v) is 2.78. The minimum atomic E-state index is -0.879. The number of carbonyl (C=O) groups is 2. The highest BCUT2D eigenvalue weighted by atomic mass is 16.4. The molecule has 0 radical (unpaired) electrons. The number of likely N-dealkylation sites (tertiary alicyclic amines) is 1. The van der Waals surface area contributed by atoms with Crippen molar-refractivity contribution in [3.63, 3.8) is 0 Å². The summed E-state index contributed by atoms with van der Waals surface area (Å²) in [6, 6.07) is -0.00731. The van der Waals surface area contributed by atoms with Gasteiger partial charge in [0.15, 0.2) is 0 Å². The van der Waals surface area contributed by atoms with E-state index in [-0.39, 0.29) is 18.5 Å².